The molecule has 5 aromatic rings. The van der Waals surface area contributed by atoms with Gasteiger partial charge in [-0.05, 0) is 68.0 Å². The quantitative estimate of drug-likeness (QED) is 0.127. The Kier molecular flexibility index (Phi) is 13.0. The van der Waals surface area contributed by atoms with Crippen LogP contribution >= 0.6 is 0 Å². The predicted octanol–water partition coefficient (Wildman–Crippen LogP) is 4.78. The van der Waals surface area contributed by atoms with Crippen molar-refractivity contribution in [1.29, 1.82) is 0 Å². The highest BCUT2D eigenvalue weighted by Crippen LogP contribution is 2.39. The number of hydrogen-bond donors (Lipinski definition) is 5. The number of rotatable bonds is 9. The number of carbonyl (C=O) groups excluding carboxylic acids is 3. The van der Waals surface area contributed by atoms with E-state index in [0.717, 1.165) is 91.1 Å². The third-order valence-corrected chi connectivity index (χ3v) is 14.4. The van der Waals surface area contributed by atoms with Crippen molar-refractivity contribution in [2.75, 3.05) is 62.2 Å². The van der Waals surface area contributed by atoms with Gasteiger partial charge in [0.05, 0.1) is 42.0 Å². The molecule has 0 saturated carbocycles. The third kappa shape index (κ3) is 9.39. The molecule has 7 heterocycles. The minimum absolute atomic E-state index is 0.00717. The van der Waals surface area contributed by atoms with Crippen LogP contribution in [0.5, 0.6) is 5.75 Å². The Hall–Kier alpha value is -6.77. The first-order valence-electron chi connectivity index (χ1n) is 23.8. The number of hydrogen-bond acceptors (Lipinski definition) is 12. The lowest BCUT2D eigenvalue weighted by atomic mass is 9.85. The molecule has 4 aliphatic heterocycles. The molecule has 0 unspecified atom stereocenters. The second-order valence-electron chi connectivity index (χ2n) is 19.8. The molecular formula is C51H62N12O5. The molecule has 5 atom stereocenters. The van der Waals surface area contributed by atoms with Crippen LogP contribution < -0.4 is 20.4 Å². The average molecular weight is 923 g/mol. The lowest BCUT2D eigenvalue weighted by Gasteiger charge is -2.43. The Morgan fingerprint density at radius 1 is 0.926 bits per heavy atom. The fourth-order valence-electron chi connectivity index (χ4n) is 10.4. The summed E-state index contributed by atoms with van der Waals surface area (Å²) in [4.78, 5) is 65.2. The van der Waals surface area contributed by atoms with Crippen molar-refractivity contribution < 1.29 is 24.6 Å². The number of carbonyl (C=O) groups is 3. The fraction of sp³-hybridized carbons (Fsp3) is 0.471. The van der Waals surface area contributed by atoms with Gasteiger partial charge in [-0.2, -0.15) is 0 Å². The van der Waals surface area contributed by atoms with Crippen LogP contribution in [-0.2, 0) is 16.0 Å². The van der Waals surface area contributed by atoms with E-state index in [9.17, 15) is 24.6 Å². The van der Waals surface area contributed by atoms with E-state index in [4.69, 9.17) is 16.4 Å². The highest BCUT2D eigenvalue weighted by Gasteiger charge is 2.45. The predicted molar refractivity (Wildman–Crippen MR) is 260 cm³/mol. The van der Waals surface area contributed by atoms with Crippen LogP contribution in [0.25, 0.3) is 22.3 Å². The van der Waals surface area contributed by atoms with Gasteiger partial charge in [-0.15, -0.1) is 16.6 Å². The van der Waals surface area contributed by atoms with Gasteiger partial charge in [0, 0.05) is 99.0 Å². The number of nitrogens with one attached hydrogen (secondary N) is 3. The van der Waals surface area contributed by atoms with Crippen molar-refractivity contribution in [2.24, 2.45) is 5.41 Å². The highest BCUT2D eigenvalue weighted by atomic mass is 16.3. The van der Waals surface area contributed by atoms with Crippen LogP contribution in [0.2, 0.25) is 0 Å². The molecule has 4 amide bonds. The Bertz CT molecular complexity index is 2680. The zero-order valence-electron chi connectivity index (χ0n) is 39.5. The van der Waals surface area contributed by atoms with Crippen molar-refractivity contribution in [3.05, 3.63) is 89.4 Å². The van der Waals surface area contributed by atoms with Crippen molar-refractivity contribution in [3.63, 3.8) is 0 Å². The topological polar surface area (TPSA) is 199 Å². The normalized spacial score (nSPS) is 21.3. The number of β-amino-alcohol motifs (C(OH)–C–C–N with tert-alkyl or cyclic N) is 1. The molecule has 356 valence electrons. The number of likely N-dealkylation sites (tertiary alicyclic amines) is 1. The number of nitrogens with zero attached hydrogens (tertiary/aromatic N) is 9. The monoisotopic (exact) mass is 922 g/mol. The van der Waals surface area contributed by atoms with E-state index in [0.29, 0.717) is 36.3 Å². The lowest BCUT2D eigenvalue weighted by Crippen LogP contribution is -2.61. The van der Waals surface area contributed by atoms with Crippen LogP contribution in [-0.4, -0.2) is 144 Å². The van der Waals surface area contributed by atoms with Gasteiger partial charge in [0.1, 0.15) is 17.8 Å². The number of aromatic amines is 1. The summed E-state index contributed by atoms with van der Waals surface area (Å²) in [7, 11) is 0. The molecule has 0 bridgehead atoms. The zero-order chi connectivity index (χ0) is 47.9. The van der Waals surface area contributed by atoms with Crippen LogP contribution in [0.3, 0.4) is 0 Å². The van der Waals surface area contributed by atoms with E-state index in [1.807, 2.05) is 82.6 Å². The fourth-order valence-corrected chi connectivity index (χ4v) is 10.4. The number of phenolic OH excluding ortho intramolecular Hbond substituents is 1. The summed E-state index contributed by atoms with van der Waals surface area (Å²) < 4.78 is 0. The molecule has 3 aromatic heterocycles. The number of terminal acetylenes is 1. The number of H-pyrrole nitrogens is 1. The van der Waals surface area contributed by atoms with Gasteiger partial charge in [-0.25, -0.2) is 14.8 Å². The van der Waals surface area contributed by atoms with Gasteiger partial charge < -0.3 is 45.4 Å². The average Bonchev–Trinajstić information content (AvgIpc) is 3.93. The summed E-state index contributed by atoms with van der Waals surface area (Å²) in [5.41, 5.74) is 6.18. The number of piperidine rings is 1. The molecule has 9 rings (SSSR count). The first-order chi connectivity index (χ1) is 32.7. The number of fused-ring (bicyclic) bond motifs is 3. The summed E-state index contributed by atoms with van der Waals surface area (Å²) >= 11 is 0. The molecule has 68 heavy (non-hydrogen) atoms. The lowest BCUT2D eigenvalue weighted by molar-refractivity contribution is -0.142. The van der Waals surface area contributed by atoms with Crippen LogP contribution in [0, 0.1) is 17.8 Å². The molecular weight excluding hydrogens is 861 g/mol. The largest absolute Gasteiger partial charge is 0.507 e. The van der Waals surface area contributed by atoms with E-state index in [-0.39, 0.29) is 48.6 Å². The third-order valence-electron chi connectivity index (χ3n) is 14.4. The summed E-state index contributed by atoms with van der Waals surface area (Å²) in [5, 5.41) is 37.0. The van der Waals surface area contributed by atoms with E-state index >= 15 is 0 Å². The molecule has 0 radical (unpaired) electrons. The van der Waals surface area contributed by atoms with Crippen LogP contribution in [0.15, 0.2) is 67.0 Å². The molecule has 2 aromatic carbocycles. The summed E-state index contributed by atoms with van der Waals surface area (Å²) in [6.07, 6.45) is 11.3. The van der Waals surface area contributed by atoms with Crippen molar-refractivity contribution in [1.82, 2.24) is 50.5 Å². The van der Waals surface area contributed by atoms with Gasteiger partial charge in [0.25, 0.3) is 0 Å². The van der Waals surface area contributed by atoms with Crippen molar-refractivity contribution in [3.8, 4) is 29.4 Å². The molecule has 17 nitrogen and oxygen atoms in total. The number of urea groups is 1. The molecule has 3 fully saturated rings. The van der Waals surface area contributed by atoms with Gasteiger partial charge in [0.15, 0.2) is 5.65 Å². The molecule has 4 aliphatic rings. The maximum absolute atomic E-state index is 14.3. The Morgan fingerprint density at radius 3 is 2.31 bits per heavy atom. The number of phenols is 1. The van der Waals surface area contributed by atoms with Crippen LogP contribution in [0.1, 0.15) is 88.3 Å². The number of amides is 4. The van der Waals surface area contributed by atoms with E-state index in [2.05, 4.69) is 53.4 Å². The Morgan fingerprint density at radius 2 is 1.63 bits per heavy atom. The van der Waals surface area contributed by atoms with Crippen molar-refractivity contribution in [2.45, 2.75) is 96.6 Å². The Labute approximate surface area is 397 Å². The summed E-state index contributed by atoms with van der Waals surface area (Å²) in [6.45, 7) is 14.7. The number of aromatic hydroxyl groups is 1. The number of benzene rings is 2. The maximum Gasteiger partial charge on any atom is 0.318 e. The zero-order valence-corrected chi connectivity index (χ0v) is 39.5. The van der Waals surface area contributed by atoms with Crippen LogP contribution in [0.4, 0.5) is 16.4 Å². The first-order valence-corrected chi connectivity index (χ1v) is 23.8. The van der Waals surface area contributed by atoms with E-state index < -0.39 is 23.6 Å². The first kappa shape index (κ1) is 46.3. The second kappa shape index (κ2) is 19.1. The summed E-state index contributed by atoms with van der Waals surface area (Å²) in [6, 6.07) is 14.4. The smallest absolute Gasteiger partial charge is 0.318 e. The molecule has 17 heteroatoms. The second-order valence-corrected chi connectivity index (χ2v) is 19.8. The Balaban J connectivity index is 0.763. The SMILES string of the molecule is C#Cc1ccc([C@H](C)NC(=O)[C@@H]2C[C@@H](O)CN2C(=O)[C@@H](NC(=O)N2CCN(C3CCN(c4cnc(N5CCc6[nH]c7nnc(-c8ccccc8O)cc7c6[C@H]5C)nc4)CC3)CC2)C(C)(C)C)cc1. The minimum atomic E-state index is -0.915. The van der Waals surface area contributed by atoms with Gasteiger partial charge in [0.2, 0.25) is 17.8 Å². The number of anilines is 2. The van der Waals surface area contributed by atoms with Gasteiger partial charge >= 0.3 is 6.03 Å². The maximum atomic E-state index is 14.3. The van der Waals surface area contributed by atoms with Gasteiger partial charge in [-0.1, -0.05) is 51.0 Å². The number of piperazine rings is 1. The molecule has 3 saturated heterocycles. The summed E-state index contributed by atoms with van der Waals surface area (Å²) in [5.74, 6) is 2.69. The number of aliphatic hydroxyl groups excluding tert-OH is 1. The standard InChI is InChI=1S/C51H62N12O5/c1-7-33-12-14-34(15-13-33)31(2)54-47(66)42-26-37(64)30-63(42)48(67)45(51(4,5)6)56-50(68)61-24-22-60(23-25-61)35-16-19-59(20-17-35)36-28-52-49(53-29-36)62-21-18-40-44(32(62)3)39-27-41(57-58-46(39)55-40)38-10-8-9-11-43(38)65/h1,8-15,27-29,31-32,35,37,42,45,64-65H,16-26,30H2,2-6H3,(H,54,66)(H,55,58)(H,56,68)/t31-,32+,37+,42-,45+/m0/s1. The molecule has 5 N–H and O–H groups in total. The highest BCUT2D eigenvalue weighted by molar-refractivity contribution is 5.93. The molecule has 0 aliphatic carbocycles. The van der Waals surface area contributed by atoms with E-state index in [1.54, 1.807) is 17.0 Å². The minimum Gasteiger partial charge on any atom is -0.507 e. The molecule has 0 spiro atoms. The van der Waals surface area contributed by atoms with Gasteiger partial charge in [-0.3, -0.25) is 14.5 Å². The van der Waals surface area contributed by atoms with E-state index in [1.165, 1.54) is 4.90 Å². The number of aliphatic hydroxyl groups is 1. The number of para-hydroxylation sites is 1. The van der Waals surface area contributed by atoms with Crippen molar-refractivity contribution >= 4 is 40.5 Å². The number of aromatic nitrogens is 5.